The Hall–Kier alpha value is -7.10. The molecular weight excluding hydrogens is 647 g/mol. The molecule has 0 N–H and O–H groups in total. The van der Waals surface area contributed by atoms with Crippen LogP contribution in [0, 0.1) is 0 Å². The minimum Gasteiger partial charge on any atom is -0.455 e. The highest BCUT2D eigenvalue weighted by Gasteiger charge is 2.24. The Morgan fingerprint density at radius 1 is 0.321 bits per heavy atom. The summed E-state index contributed by atoms with van der Waals surface area (Å²) in [5, 5.41) is 9.17. The van der Waals surface area contributed by atoms with Gasteiger partial charge in [-0.3, -0.25) is 0 Å². The molecule has 0 fully saturated rings. The first-order chi connectivity index (χ1) is 26.3. The van der Waals surface area contributed by atoms with Gasteiger partial charge >= 0.3 is 0 Å². The maximum atomic E-state index is 6.75. The van der Waals surface area contributed by atoms with Gasteiger partial charge in [0.2, 0.25) is 0 Å². The lowest BCUT2D eigenvalue weighted by atomic mass is 9.92. The molecule has 2 heterocycles. The van der Waals surface area contributed by atoms with Gasteiger partial charge in [0.1, 0.15) is 16.7 Å². The molecular formula is C50H31NO2. The third kappa shape index (κ3) is 4.61. The molecule has 0 radical (unpaired) electrons. The number of hydrogen-bond donors (Lipinski definition) is 0. The summed E-state index contributed by atoms with van der Waals surface area (Å²) < 4.78 is 13.4. The van der Waals surface area contributed by atoms with Gasteiger partial charge in [0.25, 0.3) is 0 Å². The Balaban J connectivity index is 1.25. The minimum absolute atomic E-state index is 0.846. The molecule has 0 aliphatic carbocycles. The van der Waals surface area contributed by atoms with Crippen LogP contribution in [-0.2, 0) is 0 Å². The summed E-state index contributed by atoms with van der Waals surface area (Å²) in [7, 11) is 0. The lowest BCUT2D eigenvalue weighted by Crippen LogP contribution is -2.11. The smallest absolute Gasteiger partial charge is 0.159 e. The molecule has 0 amide bonds. The topological polar surface area (TPSA) is 29.5 Å². The Morgan fingerprint density at radius 2 is 0.906 bits per heavy atom. The molecule has 0 atom stereocenters. The highest BCUT2D eigenvalue weighted by Crippen LogP contribution is 2.48. The summed E-state index contributed by atoms with van der Waals surface area (Å²) in [4.78, 5) is 2.39. The summed E-state index contributed by atoms with van der Waals surface area (Å²) in [6.07, 6.45) is 0. The van der Waals surface area contributed by atoms with Crippen LogP contribution < -0.4 is 4.90 Å². The van der Waals surface area contributed by atoms with Crippen molar-refractivity contribution in [2.45, 2.75) is 0 Å². The number of hydrogen-bond acceptors (Lipinski definition) is 3. The van der Waals surface area contributed by atoms with E-state index in [-0.39, 0.29) is 0 Å². The van der Waals surface area contributed by atoms with Gasteiger partial charge in [0, 0.05) is 38.2 Å². The van der Waals surface area contributed by atoms with Gasteiger partial charge in [-0.15, -0.1) is 0 Å². The van der Waals surface area contributed by atoms with Crippen LogP contribution in [0.25, 0.3) is 87.7 Å². The SMILES string of the molecule is c1ccc(-c2ccc(N(c3cc4ccccc4c4ccccc34)c3cccc4c3oc3ccccc34)cc2-c2cccc3c2oc2ccccc23)cc1. The average Bonchev–Trinajstić information content (AvgIpc) is 3.81. The number of fused-ring (bicyclic) bond motifs is 9. The van der Waals surface area contributed by atoms with Crippen LogP contribution in [0.2, 0.25) is 0 Å². The molecule has 0 unspecified atom stereocenters. The fourth-order valence-corrected chi connectivity index (χ4v) is 8.26. The van der Waals surface area contributed by atoms with E-state index >= 15 is 0 Å². The zero-order chi connectivity index (χ0) is 34.9. The molecule has 0 aliphatic heterocycles. The van der Waals surface area contributed by atoms with E-state index in [0.717, 1.165) is 88.6 Å². The van der Waals surface area contributed by atoms with E-state index < -0.39 is 0 Å². The fraction of sp³-hybridized carbons (Fsp3) is 0. The highest BCUT2D eigenvalue weighted by molar-refractivity contribution is 6.17. The Morgan fingerprint density at radius 3 is 1.68 bits per heavy atom. The van der Waals surface area contributed by atoms with Crippen molar-refractivity contribution in [2.75, 3.05) is 4.90 Å². The third-order valence-electron chi connectivity index (χ3n) is 10.7. The highest BCUT2D eigenvalue weighted by atomic mass is 16.3. The van der Waals surface area contributed by atoms with Crippen molar-refractivity contribution >= 4 is 82.5 Å². The molecule has 11 rings (SSSR count). The monoisotopic (exact) mass is 677 g/mol. The molecule has 0 saturated heterocycles. The summed E-state index contributed by atoms with van der Waals surface area (Å²) in [6.45, 7) is 0. The number of anilines is 3. The minimum atomic E-state index is 0.846. The second-order valence-electron chi connectivity index (χ2n) is 13.6. The zero-order valence-corrected chi connectivity index (χ0v) is 28.7. The molecule has 248 valence electrons. The number of para-hydroxylation sites is 4. The van der Waals surface area contributed by atoms with Gasteiger partial charge in [0.05, 0.1) is 11.4 Å². The largest absolute Gasteiger partial charge is 0.455 e. The summed E-state index contributed by atoms with van der Waals surface area (Å²) in [5.41, 5.74) is 11.0. The van der Waals surface area contributed by atoms with Crippen molar-refractivity contribution in [1.29, 1.82) is 0 Å². The summed E-state index contributed by atoms with van der Waals surface area (Å²) >= 11 is 0. The van der Waals surface area contributed by atoms with E-state index in [0.29, 0.717) is 0 Å². The number of nitrogens with zero attached hydrogens (tertiary/aromatic N) is 1. The van der Waals surface area contributed by atoms with E-state index in [1.165, 1.54) is 16.2 Å². The van der Waals surface area contributed by atoms with Gasteiger partial charge in [-0.25, -0.2) is 0 Å². The van der Waals surface area contributed by atoms with E-state index in [2.05, 4.69) is 175 Å². The number of benzene rings is 9. The van der Waals surface area contributed by atoms with Crippen LogP contribution >= 0.6 is 0 Å². The maximum absolute atomic E-state index is 6.75. The molecule has 9 aromatic carbocycles. The van der Waals surface area contributed by atoms with Gasteiger partial charge < -0.3 is 13.7 Å². The normalized spacial score (nSPS) is 11.8. The second kappa shape index (κ2) is 11.7. The van der Waals surface area contributed by atoms with E-state index in [1.54, 1.807) is 0 Å². The lowest BCUT2D eigenvalue weighted by molar-refractivity contribution is 0.669. The van der Waals surface area contributed by atoms with E-state index in [4.69, 9.17) is 8.83 Å². The quantitative estimate of drug-likeness (QED) is 0.170. The van der Waals surface area contributed by atoms with Crippen molar-refractivity contribution in [2.24, 2.45) is 0 Å². The van der Waals surface area contributed by atoms with Crippen molar-refractivity contribution in [3.63, 3.8) is 0 Å². The summed E-state index contributed by atoms with van der Waals surface area (Å²) in [6, 6.07) is 66.7. The molecule has 3 heteroatoms. The molecule has 3 nitrogen and oxygen atoms in total. The average molecular weight is 678 g/mol. The maximum Gasteiger partial charge on any atom is 0.159 e. The van der Waals surface area contributed by atoms with Crippen molar-refractivity contribution in [1.82, 2.24) is 0 Å². The second-order valence-corrected chi connectivity index (χ2v) is 13.6. The van der Waals surface area contributed by atoms with Crippen LogP contribution in [0.3, 0.4) is 0 Å². The molecule has 0 aliphatic rings. The summed E-state index contributed by atoms with van der Waals surface area (Å²) in [5.74, 6) is 0. The third-order valence-corrected chi connectivity index (χ3v) is 10.7. The van der Waals surface area contributed by atoms with Crippen LogP contribution in [0.4, 0.5) is 17.1 Å². The molecule has 53 heavy (non-hydrogen) atoms. The Kier molecular flexibility index (Phi) is 6.55. The molecule has 11 aromatic rings. The van der Waals surface area contributed by atoms with Gasteiger partial charge in [-0.2, -0.15) is 0 Å². The van der Waals surface area contributed by atoms with Gasteiger partial charge in [0.15, 0.2) is 5.58 Å². The number of rotatable bonds is 5. The fourth-order valence-electron chi connectivity index (χ4n) is 8.26. The Labute approximate surface area is 305 Å². The van der Waals surface area contributed by atoms with Crippen molar-refractivity contribution in [3.8, 4) is 22.3 Å². The van der Waals surface area contributed by atoms with E-state index in [9.17, 15) is 0 Å². The van der Waals surface area contributed by atoms with Crippen LogP contribution in [-0.4, -0.2) is 0 Å². The van der Waals surface area contributed by atoms with Gasteiger partial charge in [-0.05, 0) is 69.2 Å². The van der Waals surface area contributed by atoms with E-state index in [1.807, 2.05) is 18.2 Å². The predicted molar refractivity (Wildman–Crippen MR) is 222 cm³/mol. The first-order valence-electron chi connectivity index (χ1n) is 18.0. The van der Waals surface area contributed by atoms with Crippen LogP contribution in [0.15, 0.2) is 197 Å². The number of furan rings is 2. The molecule has 0 bridgehead atoms. The first-order valence-corrected chi connectivity index (χ1v) is 18.0. The lowest BCUT2D eigenvalue weighted by Gasteiger charge is -2.28. The predicted octanol–water partition coefficient (Wildman–Crippen LogP) is 14.6. The van der Waals surface area contributed by atoms with Crippen molar-refractivity contribution < 1.29 is 8.83 Å². The molecule has 0 saturated carbocycles. The standard InChI is InChI=1S/C50H31NO2/c1-2-14-32(15-3-1)36-29-28-34(31-44(36)43-23-12-22-41-39-20-8-10-26-47(39)52-49(41)43)51(45-25-13-24-42-40-21-9-11-27-48(40)53-50(42)45)46-30-33-16-4-5-17-35(33)37-18-6-7-19-38(37)46/h1-31H. The van der Waals surface area contributed by atoms with Crippen molar-refractivity contribution in [3.05, 3.63) is 188 Å². The van der Waals surface area contributed by atoms with Gasteiger partial charge in [-0.1, -0.05) is 152 Å². The molecule has 2 aromatic heterocycles. The zero-order valence-electron chi connectivity index (χ0n) is 28.7. The van der Waals surface area contributed by atoms with Crippen LogP contribution in [0.1, 0.15) is 0 Å². The van der Waals surface area contributed by atoms with Crippen LogP contribution in [0.5, 0.6) is 0 Å². The Bertz CT molecular complexity index is 3190. The molecule has 0 spiro atoms. The first kappa shape index (κ1) is 29.6.